The van der Waals surface area contributed by atoms with Crippen molar-refractivity contribution < 1.29 is 8.42 Å². The summed E-state index contributed by atoms with van der Waals surface area (Å²) in [5, 5.41) is 0.0349. The zero-order valence-electron chi connectivity index (χ0n) is 10.8. The van der Waals surface area contributed by atoms with E-state index in [4.69, 9.17) is 11.6 Å². The van der Waals surface area contributed by atoms with Crippen LogP contribution in [0.15, 0.2) is 17.3 Å². The van der Waals surface area contributed by atoms with Crippen LogP contribution in [0.3, 0.4) is 0 Å². The Morgan fingerprint density at radius 1 is 1.21 bits per heavy atom. The van der Waals surface area contributed by atoms with Crippen LogP contribution in [0.5, 0.6) is 0 Å². The molecular formula is C11H18ClN3O2S2. The summed E-state index contributed by atoms with van der Waals surface area (Å²) in [5.41, 5.74) is 0. The topological polar surface area (TPSA) is 72.0 Å². The highest BCUT2D eigenvalue weighted by Gasteiger charge is 2.13. The maximum Gasteiger partial charge on any atom is 0.243 e. The third-order valence-corrected chi connectivity index (χ3v) is 4.78. The van der Waals surface area contributed by atoms with Gasteiger partial charge in [-0.3, -0.25) is 0 Å². The molecule has 1 aromatic rings. The molecule has 0 aromatic carbocycles. The average Bonchev–Trinajstić information content (AvgIpc) is 2.38. The molecule has 1 N–H and O–H groups in total. The molecule has 1 aromatic heterocycles. The van der Waals surface area contributed by atoms with Gasteiger partial charge in [0.25, 0.3) is 0 Å². The van der Waals surface area contributed by atoms with Crippen LogP contribution in [0.25, 0.3) is 0 Å². The van der Waals surface area contributed by atoms with Gasteiger partial charge in [-0.25, -0.2) is 23.1 Å². The second-order valence-corrected chi connectivity index (χ2v) is 7.08. The van der Waals surface area contributed by atoms with Gasteiger partial charge in [0.1, 0.15) is 4.90 Å². The third-order valence-electron chi connectivity index (χ3n) is 2.47. The lowest BCUT2D eigenvalue weighted by molar-refractivity contribution is 0.573. The lowest BCUT2D eigenvalue weighted by Crippen LogP contribution is -2.25. The highest BCUT2D eigenvalue weighted by molar-refractivity contribution is 7.98. The summed E-state index contributed by atoms with van der Waals surface area (Å²) < 4.78 is 26.2. The predicted octanol–water partition coefficient (Wildman–Crippen LogP) is 2.33. The molecule has 0 saturated heterocycles. The van der Waals surface area contributed by atoms with E-state index < -0.39 is 10.0 Å². The van der Waals surface area contributed by atoms with Crippen LogP contribution >= 0.6 is 23.4 Å². The molecule has 8 heteroatoms. The van der Waals surface area contributed by atoms with E-state index in [9.17, 15) is 8.42 Å². The van der Waals surface area contributed by atoms with Gasteiger partial charge in [0.2, 0.25) is 15.3 Å². The second kappa shape index (κ2) is 8.73. The molecule has 0 fully saturated rings. The number of thioether (sulfide) groups is 1. The molecule has 5 nitrogen and oxygen atoms in total. The molecule has 19 heavy (non-hydrogen) atoms. The number of nitrogens with one attached hydrogen (secondary N) is 1. The molecule has 0 radical (unpaired) electrons. The zero-order valence-corrected chi connectivity index (χ0v) is 13.2. The number of sulfonamides is 1. The summed E-state index contributed by atoms with van der Waals surface area (Å²) >= 11 is 7.34. The van der Waals surface area contributed by atoms with Gasteiger partial charge in [-0.2, -0.15) is 11.8 Å². The normalized spacial score (nSPS) is 11.7. The second-order valence-electron chi connectivity index (χ2n) is 3.99. The number of nitrogens with zero attached hydrogens (tertiary/aromatic N) is 2. The Kier molecular flexibility index (Phi) is 7.67. The summed E-state index contributed by atoms with van der Waals surface area (Å²) in [5.74, 6) is 1.16. The fourth-order valence-electron chi connectivity index (χ4n) is 1.45. The van der Waals surface area contributed by atoms with Gasteiger partial charge in [-0.1, -0.05) is 12.8 Å². The van der Waals surface area contributed by atoms with Crippen molar-refractivity contribution in [2.45, 2.75) is 30.6 Å². The summed E-state index contributed by atoms with van der Waals surface area (Å²) in [4.78, 5) is 7.35. The van der Waals surface area contributed by atoms with Crippen molar-refractivity contribution in [3.63, 3.8) is 0 Å². The van der Waals surface area contributed by atoms with Gasteiger partial charge in [0, 0.05) is 6.54 Å². The zero-order chi connectivity index (χ0) is 14.1. The summed E-state index contributed by atoms with van der Waals surface area (Å²) in [6.07, 6.45) is 8.67. The standard InChI is InChI=1S/C11H18ClN3O2S2/c1-18-7-5-3-2-4-6-15-19(16,17)10-8-13-11(12)14-9-10/h8-9,15H,2-7H2,1H3. The minimum Gasteiger partial charge on any atom is -0.225 e. The Labute approximate surface area is 123 Å². The van der Waals surface area contributed by atoms with E-state index in [0.717, 1.165) is 25.0 Å². The highest BCUT2D eigenvalue weighted by Crippen LogP contribution is 2.08. The quantitative estimate of drug-likeness (QED) is 0.558. The molecule has 0 aliphatic carbocycles. The van der Waals surface area contributed by atoms with Crippen LogP contribution in [0.4, 0.5) is 0 Å². The van der Waals surface area contributed by atoms with Crippen molar-refractivity contribution in [2.75, 3.05) is 18.6 Å². The number of aromatic nitrogens is 2. The predicted molar refractivity (Wildman–Crippen MR) is 79.1 cm³/mol. The molecule has 0 spiro atoms. The van der Waals surface area contributed by atoms with Crippen LogP contribution in [0.2, 0.25) is 5.28 Å². The Balaban J connectivity index is 2.29. The number of rotatable bonds is 9. The molecule has 1 heterocycles. The monoisotopic (exact) mass is 323 g/mol. The molecule has 1 rings (SSSR count). The fraction of sp³-hybridized carbons (Fsp3) is 0.636. The minimum atomic E-state index is -3.51. The lowest BCUT2D eigenvalue weighted by atomic mass is 10.2. The number of hydrogen-bond acceptors (Lipinski definition) is 5. The van der Waals surface area contributed by atoms with E-state index in [2.05, 4.69) is 20.9 Å². The highest BCUT2D eigenvalue weighted by atomic mass is 35.5. The van der Waals surface area contributed by atoms with Crippen molar-refractivity contribution in [3.05, 3.63) is 17.7 Å². The number of hydrogen-bond donors (Lipinski definition) is 1. The van der Waals surface area contributed by atoms with E-state index in [1.807, 2.05) is 11.8 Å². The van der Waals surface area contributed by atoms with Crippen LogP contribution in [-0.4, -0.2) is 36.9 Å². The van der Waals surface area contributed by atoms with Crippen molar-refractivity contribution in [1.82, 2.24) is 14.7 Å². The van der Waals surface area contributed by atoms with E-state index in [1.54, 1.807) is 0 Å². The molecule has 0 atom stereocenters. The van der Waals surface area contributed by atoms with Gasteiger partial charge in [-0.15, -0.1) is 0 Å². The first-order chi connectivity index (χ1) is 9.06. The summed E-state index contributed by atoms with van der Waals surface area (Å²) in [6.45, 7) is 0.435. The van der Waals surface area contributed by atoms with Gasteiger partial charge < -0.3 is 0 Å². The van der Waals surface area contributed by atoms with Crippen LogP contribution in [-0.2, 0) is 10.0 Å². The molecular weight excluding hydrogens is 306 g/mol. The van der Waals surface area contributed by atoms with Gasteiger partial charge >= 0.3 is 0 Å². The Bertz CT molecular complexity index is 465. The van der Waals surface area contributed by atoms with E-state index in [-0.39, 0.29) is 10.2 Å². The van der Waals surface area contributed by atoms with E-state index >= 15 is 0 Å². The van der Waals surface area contributed by atoms with Crippen LogP contribution in [0, 0.1) is 0 Å². The van der Waals surface area contributed by atoms with Crippen LogP contribution in [0.1, 0.15) is 25.7 Å². The maximum absolute atomic E-state index is 11.8. The average molecular weight is 324 g/mol. The number of unbranched alkanes of at least 4 members (excludes halogenated alkanes) is 3. The molecule has 0 unspecified atom stereocenters. The minimum absolute atomic E-state index is 0.0349. The Morgan fingerprint density at radius 3 is 2.47 bits per heavy atom. The Hall–Kier alpha value is -0.370. The maximum atomic E-state index is 11.8. The number of halogens is 1. The smallest absolute Gasteiger partial charge is 0.225 e. The van der Waals surface area contributed by atoms with Crippen molar-refractivity contribution in [3.8, 4) is 0 Å². The molecule has 0 bridgehead atoms. The molecule has 108 valence electrons. The fourth-order valence-corrected chi connectivity index (χ4v) is 3.01. The molecule has 0 amide bonds. The van der Waals surface area contributed by atoms with Crippen molar-refractivity contribution in [1.29, 1.82) is 0 Å². The van der Waals surface area contributed by atoms with E-state index in [0.29, 0.717) is 6.54 Å². The van der Waals surface area contributed by atoms with Gasteiger partial charge in [-0.05, 0) is 36.5 Å². The molecule has 0 aliphatic heterocycles. The van der Waals surface area contributed by atoms with E-state index in [1.165, 1.54) is 18.8 Å². The first-order valence-corrected chi connectivity index (χ1v) is 9.28. The third kappa shape index (κ3) is 6.56. The molecule has 0 aliphatic rings. The van der Waals surface area contributed by atoms with Crippen molar-refractivity contribution in [2.24, 2.45) is 0 Å². The molecule has 0 saturated carbocycles. The SMILES string of the molecule is CSCCCCCCNS(=O)(=O)c1cnc(Cl)nc1. The lowest BCUT2D eigenvalue weighted by Gasteiger charge is -2.06. The van der Waals surface area contributed by atoms with Gasteiger partial charge in [0.05, 0.1) is 12.4 Å². The Morgan fingerprint density at radius 2 is 1.84 bits per heavy atom. The first-order valence-electron chi connectivity index (χ1n) is 6.02. The van der Waals surface area contributed by atoms with Gasteiger partial charge in [0.15, 0.2) is 0 Å². The first kappa shape index (κ1) is 16.7. The summed E-state index contributed by atoms with van der Waals surface area (Å²) in [7, 11) is -3.51. The van der Waals surface area contributed by atoms with Crippen LogP contribution < -0.4 is 4.72 Å². The summed E-state index contributed by atoms with van der Waals surface area (Å²) in [6, 6.07) is 0. The largest absolute Gasteiger partial charge is 0.243 e. The van der Waals surface area contributed by atoms with Crippen molar-refractivity contribution >= 4 is 33.4 Å².